The van der Waals surface area contributed by atoms with E-state index in [-0.39, 0.29) is 6.04 Å². The van der Waals surface area contributed by atoms with Crippen LogP contribution in [0.2, 0.25) is 0 Å². The fourth-order valence-electron chi connectivity index (χ4n) is 0.973. The van der Waals surface area contributed by atoms with Crippen LogP contribution in [0.3, 0.4) is 0 Å². The summed E-state index contributed by atoms with van der Waals surface area (Å²) < 4.78 is 10.9. The number of rotatable bonds is 5. The number of nitrogens with zero attached hydrogens (tertiary/aromatic N) is 1. The maximum atomic E-state index is 10.9. The summed E-state index contributed by atoms with van der Waals surface area (Å²) in [5.74, 6) is 1.54. The molecular formula is C9H21N3OS. The van der Waals surface area contributed by atoms with E-state index in [1.54, 1.807) is 6.26 Å². The first-order valence-electron chi connectivity index (χ1n) is 4.78. The molecule has 4 nitrogen and oxygen atoms in total. The third-order valence-electron chi connectivity index (χ3n) is 1.51. The van der Waals surface area contributed by atoms with Crippen LogP contribution in [0.4, 0.5) is 0 Å². The monoisotopic (exact) mass is 219 g/mol. The smallest absolute Gasteiger partial charge is 0.188 e. The Balaban J connectivity index is 3.86. The van der Waals surface area contributed by atoms with Crippen LogP contribution in [0.25, 0.3) is 0 Å². The highest BCUT2D eigenvalue weighted by Gasteiger charge is 2.04. The molecule has 14 heavy (non-hydrogen) atoms. The van der Waals surface area contributed by atoms with Gasteiger partial charge in [0.2, 0.25) is 0 Å². The van der Waals surface area contributed by atoms with Crippen LogP contribution in [-0.2, 0) is 10.8 Å². The molecule has 0 aliphatic heterocycles. The van der Waals surface area contributed by atoms with Crippen LogP contribution in [0.5, 0.6) is 0 Å². The summed E-state index contributed by atoms with van der Waals surface area (Å²) in [6.45, 7) is 6.84. The molecule has 0 saturated heterocycles. The van der Waals surface area contributed by atoms with Gasteiger partial charge in [-0.1, -0.05) is 13.8 Å². The summed E-state index contributed by atoms with van der Waals surface area (Å²) in [7, 11) is -0.798. The second-order valence-electron chi connectivity index (χ2n) is 3.91. The molecule has 0 fully saturated rings. The van der Waals surface area contributed by atoms with Crippen molar-refractivity contribution in [3.05, 3.63) is 0 Å². The number of guanidine groups is 1. The van der Waals surface area contributed by atoms with Gasteiger partial charge in [0.15, 0.2) is 5.96 Å². The third kappa shape index (κ3) is 8.04. The van der Waals surface area contributed by atoms with Gasteiger partial charge in [0.25, 0.3) is 0 Å². The van der Waals surface area contributed by atoms with E-state index < -0.39 is 10.8 Å². The van der Waals surface area contributed by atoms with E-state index in [0.29, 0.717) is 17.6 Å². The predicted octanol–water partition coefficient (Wildman–Crippen LogP) is 0.314. The average molecular weight is 219 g/mol. The molecule has 84 valence electrons. The topological polar surface area (TPSA) is 67.5 Å². The maximum absolute atomic E-state index is 10.9. The SMILES string of the molecule is CC(C)CN=C(N)NC(C)CS(C)=O. The Morgan fingerprint density at radius 1 is 1.50 bits per heavy atom. The van der Waals surface area contributed by atoms with Gasteiger partial charge in [0, 0.05) is 35.4 Å². The molecule has 0 amide bonds. The molecule has 0 rings (SSSR count). The van der Waals surface area contributed by atoms with E-state index in [4.69, 9.17) is 5.73 Å². The highest BCUT2D eigenvalue weighted by molar-refractivity contribution is 7.84. The van der Waals surface area contributed by atoms with Crippen molar-refractivity contribution >= 4 is 16.8 Å². The first-order valence-corrected chi connectivity index (χ1v) is 6.51. The van der Waals surface area contributed by atoms with Crippen molar-refractivity contribution in [1.82, 2.24) is 5.32 Å². The molecule has 3 N–H and O–H groups in total. The Morgan fingerprint density at radius 3 is 2.50 bits per heavy atom. The normalized spacial score (nSPS) is 16.8. The molecule has 0 radical (unpaired) electrons. The highest BCUT2D eigenvalue weighted by atomic mass is 32.2. The largest absolute Gasteiger partial charge is 0.370 e. The Labute approximate surface area is 88.8 Å². The zero-order chi connectivity index (χ0) is 11.1. The van der Waals surface area contributed by atoms with Crippen LogP contribution < -0.4 is 11.1 Å². The van der Waals surface area contributed by atoms with E-state index in [9.17, 15) is 4.21 Å². The zero-order valence-electron chi connectivity index (χ0n) is 9.41. The Hall–Kier alpha value is -0.580. The summed E-state index contributed by atoms with van der Waals surface area (Å²) >= 11 is 0. The van der Waals surface area contributed by atoms with E-state index >= 15 is 0 Å². The lowest BCUT2D eigenvalue weighted by Crippen LogP contribution is -2.41. The molecule has 0 spiro atoms. The molecule has 0 saturated carbocycles. The number of nitrogens with two attached hydrogens (primary N) is 1. The van der Waals surface area contributed by atoms with Gasteiger partial charge in [0.1, 0.15) is 0 Å². The van der Waals surface area contributed by atoms with Crippen molar-refractivity contribution < 1.29 is 4.21 Å². The molecular weight excluding hydrogens is 198 g/mol. The number of hydrogen-bond acceptors (Lipinski definition) is 2. The minimum atomic E-state index is -0.798. The quantitative estimate of drug-likeness (QED) is 0.517. The lowest BCUT2D eigenvalue weighted by Gasteiger charge is -2.13. The fourth-order valence-corrected chi connectivity index (χ4v) is 1.76. The van der Waals surface area contributed by atoms with Crippen molar-refractivity contribution in [3.63, 3.8) is 0 Å². The zero-order valence-corrected chi connectivity index (χ0v) is 10.2. The van der Waals surface area contributed by atoms with Gasteiger partial charge < -0.3 is 11.1 Å². The molecule has 0 heterocycles. The third-order valence-corrected chi connectivity index (χ3v) is 2.48. The van der Waals surface area contributed by atoms with E-state index in [1.807, 2.05) is 6.92 Å². The van der Waals surface area contributed by atoms with Crippen LogP contribution in [0, 0.1) is 5.92 Å². The van der Waals surface area contributed by atoms with Gasteiger partial charge in [-0.15, -0.1) is 0 Å². The van der Waals surface area contributed by atoms with Crippen molar-refractivity contribution in [2.24, 2.45) is 16.6 Å². The summed E-state index contributed by atoms with van der Waals surface area (Å²) in [4.78, 5) is 4.16. The van der Waals surface area contributed by atoms with Crippen LogP contribution in [0.15, 0.2) is 4.99 Å². The second-order valence-corrected chi connectivity index (χ2v) is 5.38. The Bertz CT molecular complexity index is 216. The summed E-state index contributed by atoms with van der Waals surface area (Å²) in [5, 5.41) is 3.00. The first-order chi connectivity index (χ1) is 6.41. The van der Waals surface area contributed by atoms with Gasteiger partial charge in [-0.3, -0.25) is 9.20 Å². The Morgan fingerprint density at radius 2 is 2.07 bits per heavy atom. The molecule has 2 atom stereocenters. The van der Waals surface area contributed by atoms with Crippen molar-refractivity contribution in [2.75, 3.05) is 18.6 Å². The molecule has 0 aromatic heterocycles. The lowest BCUT2D eigenvalue weighted by atomic mass is 10.2. The average Bonchev–Trinajstić information content (AvgIpc) is 1.98. The Kier molecular flexibility index (Phi) is 6.53. The van der Waals surface area contributed by atoms with Gasteiger partial charge in [-0.05, 0) is 12.8 Å². The number of nitrogens with one attached hydrogen (secondary N) is 1. The molecule has 2 unspecified atom stereocenters. The fraction of sp³-hybridized carbons (Fsp3) is 0.889. The van der Waals surface area contributed by atoms with E-state index in [0.717, 1.165) is 6.54 Å². The highest BCUT2D eigenvalue weighted by Crippen LogP contribution is 1.91. The number of hydrogen-bond donors (Lipinski definition) is 2. The summed E-state index contributed by atoms with van der Waals surface area (Å²) in [6, 6.07) is 0.108. The van der Waals surface area contributed by atoms with Gasteiger partial charge in [0.05, 0.1) is 0 Å². The molecule has 0 bridgehead atoms. The minimum Gasteiger partial charge on any atom is -0.370 e. The maximum Gasteiger partial charge on any atom is 0.188 e. The van der Waals surface area contributed by atoms with Crippen LogP contribution in [0.1, 0.15) is 20.8 Å². The van der Waals surface area contributed by atoms with Gasteiger partial charge in [-0.2, -0.15) is 0 Å². The first kappa shape index (κ1) is 13.4. The minimum absolute atomic E-state index is 0.108. The molecule has 0 aliphatic rings. The van der Waals surface area contributed by atoms with Crippen molar-refractivity contribution in [2.45, 2.75) is 26.8 Å². The summed E-state index contributed by atoms with van der Waals surface area (Å²) in [5.41, 5.74) is 5.64. The molecule has 0 aliphatic carbocycles. The van der Waals surface area contributed by atoms with Crippen LogP contribution >= 0.6 is 0 Å². The van der Waals surface area contributed by atoms with Crippen LogP contribution in [-0.4, -0.2) is 34.8 Å². The van der Waals surface area contributed by atoms with E-state index in [2.05, 4.69) is 24.2 Å². The molecule has 0 aromatic carbocycles. The summed E-state index contributed by atoms with van der Waals surface area (Å²) in [6.07, 6.45) is 1.68. The van der Waals surface area contributed by atoms with Crippen molar-refractivity contribution in [3.8, 4) is 0 Å². The van der Waals surface area contributed by atoms with Crippen molar-refractivity contribution in [1.29, 1.82) is 0 Å². The van der Waals surface area contributed by atoms with E-state index in [1.165, 1.54) is 0 Å². The number of aliphatic imine (C=N–C) groups is 1. The predicted molar refractivity (Wildman–Crippen MR) is 62.9 cm³/mol. The van der Waals surface area contributed by atoms with Gasteiger partial charge >= 0.3 is 0 Å². The molecule has 5 heteroatoms. The molecule has 0 aromatic rings. The van der Waals surface area contributed by atoms with Gasteiger partial charge in [-0.25, -0.2) is 0 Å². The lowest BCUT2D eigenvalue weighted by molar-refractivity contribution is 0.650. The second kappa shape index (κ2) is 6.81. The standard InChI is InChI=1S/C9H21N3OS/c1-7(2)5-11-9(10)12-8(3)6-14(4)13/h7-8H,5-6H2,1-4H3,(H3,10,11,12).